The number of rotatable bonds is 5. The first-order chi connectivity index (χ1) is 11.0. The van der Waals surface area contributed by atoms with E-state index in [1.807, 2.05) is 19.1 Å². The number of hydrogen-bond acceptors (Lipinski definition) is 5. The van der Waals surface area contributed by atoms with Crippen molar-refractivity contribution in [3.63, 3.8) is 0 Å². The average molecular weight is 340 g/mol. The van der Waals surface area contributed by atoms with E-state index < -0.39 is 10.0 Å². The zero-order valence-corrected chi connectivity index (χ0v) is 14.3. The molecule has 2 saturated heterocycles. The van der Waals surface area contributed by atoms with Gasteiger partial charge in [-0.3, -0.25) is 4.98 Å². The van der Waals surface area contributed by atoms with Gasteiger partial charge in [-0.05, 0) is 44.2 Å². The van der Waals surface area contributed by atoms with Gasteiger partial charge in [-0.25, -0.2) is 8.42 Å². The Morgan fingerprint density at radius 1 is 1.35 bits per heavy atom. The van der Waals surface area contributed by atoms with Crippen LogP contribution in [-0.4, -0.2) is 55.9 Å². The fourth-order valence-electron chi connectivity index (χ4n) is 3.14. The number of pyridine rings is 1. The molecule has 0 saturated carbocycles. The summed E-state index contributed by atoms with van der Waals surface area (Å²) in [6.07, 6.45) is 4.02. The van der Waals surface area contributed by atoms with Crippen LogP contribution < -0.4 is 4.74 Å². The summed E-state index contributed by atoms with van der Waals surface area (Å²) in [6.45, 7) is 4.21. The van der Waals surface area contributed by atoms with Crippen molar-refractivity contribution in [3.05, 3.63) is 24.0 Å². The van der Waals surface area contributed by atoms with Crippen molar-refractivity contribution in [2.24, 2.45) is 5.92 Å². The zero-order valence-electron chi connectivity index (χ0n) is 13.5. The van der Waals surface area contributed by atoms with Crippen molar-refractivity contribution < 1.29 is 17.9 Å². The van der Waals surface area contributed by atoms with Crippen molar-refractivity contribution in [3.8, 4) is 5.75 Å². The molecule has 0 amide bonds. The molecule has 0 aliphatic carbocycles. The van der Waals surface area contributed by atoms with Gasteiger partial charge in [0.25, 0.3) is 0 Å². The molecule has 1 aromatic rings. The van der Waals surface area contributed by atoms with Crippen LogP contribution in [0.1, 0.15) is 25.0 Å². The first-order valence-corrected chi connectivity index (χ1v) is 9.79. The molecular formula is C16H24N2O4S. The van der Waals surface area contributed by atoms with E-state index in [1.165, 1.54) is 0 Å². The minimum Gasteiger partial charge on any atom is -0.487 e. The van der Waals surface area contributed by atoms with Crippen molar-refractivity contribution in [1.29, 1.82) is 0 Å². The Bertz CT molecular complexity index is 629. The van der Waals surface area contributed by atoms with Gasteiger partial charge in [0.2, 0.25) is 10.0 Å². The van der Waals surface area contributed by atoms with Gasteiger partial charge in [0.15, 0.2) is 0 Å². The third kappa shape index (κ3) is 4.22. The lowest BCUT2D eigenvalue weighted by Crippen LogP contribution is -2.36. The summed E-state index contributed by atoms with van der Waals surface area (Å²) >= 11 is 0. The summed E-state index contributed by atoms with van der Waals surface area (Å²) < 4.78 is 38.0. The number of aryl methyl sites for hydroxylation is 1. The molecule has 0 N–H and O–H groups in total. The van der Waals surface area contributed by atoms with E-state index in [-0.39, 0.29) is 17.8 Å². The van der Waals surface area contributed by atoms with Crippen molar-refractivity contribution >= 4 is 10.0 Å². The molecular weight excluding hydrogens is 316 g/mol. The van der Waals surface area contributed by atoms with Crippen molar-refractivity contribution in [2.45, 2.75) is 32.3 Å². The summed E-state index contributed by atoms with van der Waals surface area (Å²) in [6, 6.07) is 3.71. The Morgan fingerprint density at radius 3 is 2.87 bits per heavy atom. The quantitative estimate of drug-likeness (QED) is 0.814. The molecule has 2 fully saturated rings. The Balaban J connectivity index is 1.57. The van der Waals surface area contributed by atoms with Crippen LogP contribution in [0.15, 0.2) is 18.3 Å². The van der Waals surface area contributed by atoms with Gasteiger partial charge in [-0.2, -0.15) is 4.31 Å². The SMILES string of the molecule is Cc1ncccc1O[C@H]1CCN(S(=O)(=O)CC2CCOCC2)C1. The van der Waals surface area contributed by atoms with Crippen LogP contribution in [0.3, 0.4) is 0 Å². The highest BCUT2D eigenvalue weighted by Crippen LogP contribution is 2.24. The number of nitrogens with zero attached hydrogens (tertiary/aromatic N) is 2. The molecule has 0 aromatic carbocycles. The molecule has 0 radical (unpaired) electrons. The second-order valence-electron chi connectivity index (χ2n) is 6.31. The number of aromatic nitrogens is 1. The summed E-state index contributed by atoms with van der Waals surface area (Å²) in [5.74, 6) is 1.19. The van der Waals surface area contributed by atoms with Gasteiger partial charge in [0, 0.05) is 26.0 Å². The molecule has 23 heavy (non-hydrogen) atoms. The lowest BCUT2D eigenvalue weighted by atomic mass is 10.0. The lowest BCUT2D eigenvalue weighted by molar-refractivity contribution is 0.0720. The Labute approximate surface area is 137 Å². The third-order valence-electron chi connectivity index (χ3n) is 4.54. The van der Waals surface area contributed by atoms with Crippen LogP contribution in [0.4, 0.5) is 0 Å². The smallest absolute Gasteiger partial charge is 0.214 e. The largest absolute Gasteiger partial charge is 0.487 e. The molecule has 1 atom stereocenters. The van der Waals surface area contributed by atoms with E-state index in [2.05, 4.69) is 4.98 Å². The summed E-state index contributed by atoms with van der Waals surface area (Å²) in [5, 5.41) is 0. The number of ether oxygens (including phenoxy) is 2. The van der Waals surface area contributed by atoms with Gasteiger partial charge in [-0.15, -0.1) is 0 Å². The molecule has 1 aromatic heterocycles. The predicted octanol–water partition coefficient (Wildman–Crippen LogP) is 1.60. The van der Waals surface area contributed by atoms with Crippen molar-refractivity contribution in [1.82, 2.24) is 9.29 Å². The molecule has 2 aliphatic heterocycles. The molecule has 6 nitrogen and oxygen atoms in total. The molecule has 3 rings (SSSR count). The van der Waals surface area contributed by atoms with E-state index in [9.17, 15) is 8.42 Å². The van der Waals surface area contributed by atoms with Gasteiger partial charge in [0.05, 0.1) is 18.0 Å². The normalized spacial score (nSPS) is 24.0. The molecule has 2 aliphatic rings. The molecule has 0 bridgehead atoms. The monoisotopic (exact) mass is 340 g/mol. The van der Waals surface area contributed by atoms with Crippen LogP contribution in [-0.2, 0) is 14.8 Å². The van der Waals surface area contributed by atoms with Crippen LogP contribution in [0, 0.1) is 12.8 Å². The topological polar surface area (TPSA) is 68.7 Å². The number of sulfonamides is 1. The highest BCUT2D eigenvalue weighted by Gasteiger charge is 2.34. The van der Waals surface area contributed by atoms with Crippen LogP contribution in [0.5, 0.6) is 5.75 Å². The Hall–Kier alpha value is -1.18. The first kappa shape index (κ1) is 16.7. The second kappa shape index (κ2) is 7.15. The summed E-state index contributed by atoms with van der Waals surface area (Å²) in [4.78, 5) is 4.20. The first-order valence-electron chi connectivity index (χ1n) is 8.18. The van der Waals surface area contributed by atoms with Crippen molar-refractivity contribution in [2.75, 3.05) is 32.1 Å². The van der Waals surface area contributed by atoms with Crippen LogP contribution in [0.25, 0.3) is 0 Å². The second-order valence-corrected chi connectivity index (χ2v) is 8.32. The molecule has 3 heterocycles. The zero-order chi connectivity index (χ0) is 16.3. The van der Waals surface area contributed by atoms with E-state index in [4.69, 9.17) is 9.47 Å². The standard InChI is InChI=1S/C16H24N2O4S/c1-13-16(3-2-7-17-13)22-15-4-8-18(11-15)23(19,20)12-14-5-9-21-10-6-14/h2-3,7,14-15H,4-6,8-12H2,1H3/t15-/m0/s1. The van der Waals surface area contributed by atoms with Gasteiger partial charge in [0.1, 0.15) is 11.9 Å². The van der Waals surface area contributed by atoms with E-state index in [0.717, 1.165) is 30.7 Å². The van der Waals surface area contributed by atoms with Crippen LogP contribution >= 0.6 is 0 Å². The molecule has 128 valence electrons. The lowest BCUT2D eigenvalue weighted by Gasteiger charge is -2.24. The highest BCUT2D eigenvalue weighted by atomic mass is 32.2. The minimum atomic E-state index is -3.21. The van der Waals surface area contributed by atoms with Gasteiger partial charge >= 0.3 is 0 Å². The fourth-order valence-corrected chi connectivity index (χ4v) is 5.05. The maximum absolute atomic E-state index is 12.6. The van der Waals surface area contributed by atoms with Gasteiger partial charge < -0.3 is 9.47 Å². The van der Waals surface area contributed by atoms with E-state index in [0.29, 0.717) is 26.3 Å². The third-order valence-corrected chi connectivity index (χ3v) is 6.55. The molecule has 0 spiro atoms. The average Bonchev–Trinajstić information content (AvgIpc) is 3.00. The summed E-state index contributed by atoms with van der Waals surface area (Å²) in [7, 11) is -3.21. The number of hydrogen-bond donors (Lipinski definition) is 0. The van der Waals surface area contributed by atoms with E-state index in [1.54, 1.807) is 10.5 Å². The Morgan fingerprint density at radius 2 is 2.13 bits per heavy atom. The fraction of sp³-hybridized carbons (Fsp3) is 0.688. The summed E-state index contributed by atoms with van der Waals surface area (Å²) in [5.41, 5.74) is 0.830. The molecule has 0 unspecified atom stereocenters. The highest BCUT2D eigenvalue weighted by molar-refractivity contribution is 7.89. The maximum atomic E-state index is 12.6. The van der Waals surface area contributed by atoms with E-state index >= 15 is 0 Å². The predicted molar refractivity (Wildman–Crippen MR) is 86.9 cm³/mol. The van der Waals surface area contributed by atoms with Crippen LogP contribution in [0.2, 0.25) is 0 Å². The minimum absolute atomic E-state index is 0.0950. The van der Waals surface area contributed by atoms with Gasteiger partial charge in [-0.1, -0.05) is 0 Å². The Kier molecular flexibility index (Phi) is 5.18. The molecule has 7 heteroatoms. The maximum Gasteiger partial charge on any atom is 0.214 e.